The summed E-state index contributed by atoms with van der Waals surface area (Å²) in [5.41, 5.74) is 0. The third-order valence-corrected chi connectivity index (χ3v) is 11.0. The maximum absolute atomic E-state index is 13.1. The SMILES string of the molecule is CCC/C=C\CCCCCC(CC(=O)NC(CO)C(O)CCCCCCCCCCCCCCC)OC(=O)CCCCCCCCC/C=C\CCCCCC. The first kappa shape index (κ1) is 53.3. The van der Waals surface area contributed by atoms with E-state index in [1.807, 2.05) is 0 Å². The molecule has 0 bridgehead atoms. The molecule has 0 aliphatic heterocycles. The van der Waals surface area contributed by atoms with E-state index >= 15 is 0 Å². The number of rotatable bonds is 43. The van der Waals surface area contributed by atoms with E-state index in [9.17, 15) is 19.8 Å². The number of hydrogen-bond acceptors (Lipinski definition) is 5. The van der Waals surface area contributed by atoms with Crippen LogP contribution in [0.4, 0.5) is 0 Å². The van der Waals surface area contributed by atoms with E-state index in [-0.39, 0.29) is 24.9 Å². The number of unbranched alkanes of at least 4 members (excludes halogenated alkanes) is 27. The number of carbonyl (C=O) groups is 2. The van der Waals surface area contributed by atoms with Crippen molar-refractivity contribution in [3.63, 3.8) is 0 Å². The maximum atomic E-state index is 13.1. The summed E-state index contributed by atoms with van der Waals surface area (Å²) in [6.07, 6.45) is 48.2. The van der Waals surface area contributed by atoms with E-state index in [0.29, 0.717) is 19.3 Å². The predicted octanol–water partition coefficient (Wildman–Crippen LogP) is 14.0. The Kier molecular flexibility index (Phi) is 42.2. The van der Waals surface area contributed by atoms with Gasteiger partial charge in [-0.15, -0.1) is 0 Å². The predicted molar refractivity (Wildman–Crippen MR) is 236 cm³/mol. The zero-order valence-electron chi connectivity index (χ0n) is 36.8. The van der Waals surface area contributed by atoms with Crippen LogP contribution in [-0.2, 0) is 14.3 Å². The van der Waals surface area contributed by atoms with Gasteiger partial charge in [-0.3, -0.25) is 9.59 Å². The second-order valence-corrected chi connectivity index (χ2v) is 16.5. The molecular formula is C49H93NO5. The molecule has 1 amide bonds. The molecule has 0 aliphatic carbocycles. The fourth-order valence-corrected chi connectivity index (χ4v) is 7.31. The van der Waals surface area contributed by atoms with Crippen LogP contribution in [0.15, 0.2) is 24.3 Å². The number of carbonyl (C=O) groups excluding carboxylic acids is 2. The first-order chi connectivity index (χ1) is 27.0. The molecule has 0 aromatic heterocycles. The summed E-state index contributed by atoms with van der Waals surface area (Å²) >= 11 is 0. The monoisotopic (exact) mass is 776 g/mol. The van der Waals surface area contributed by atoms with Crippen molar-refractivity contribution in [1.82, 2.24) is 5.32 Å². The molecular weight excluding hydrogens is 683 g/mol. The molecule has 0 saturated heterocycles. The van der Waals surface area contributed by atoms with Crippen LogP contribution in [0.5, 0.6) is 0 Å². The minimum absolute atomic E-state index is 0.0676. The fourth-order valence-electron chi connectivity index (χ4n) is 7.31. The van der Waals surface area contributed by atoms with Gasteiger partial charge in [-0.05, 0) is 70.6 Å². The quantitative estimate of drug-likeness (QED) is 0.0326. The molecule has 0 fully saturated rings. The maximum Gasteiger partial charge on any atom is 0.306 e. The standard InChI is InChI=1S/C49H93NO5/c1-4-7-10-13-16-19-21-23-24-26-28-30-33-36-39-42-49(54)55-45(40-37-34-31-18-15-12-9-6-3)43-48(53)50-46(44-51)47(52)41-38-35-32-29-27-25-22-20-17-14-11-8-5-2/h12,15,19,21,45-47,51-52H,4-11,13-14,16-18,20,22-44H2,1-3H3,(H,50,53)/b15-12-,21-19-. The average Bonchev–Trinajstić information content (AvgIpc) is 3.18. The van der Waals surface area contributed by atoms with E-state index < -0.39 is 18.2 Å². The minimum Gasteiger partial charge on any atom is -0.462 e. The average molecular weight is 776 g/mol. The molecule has 6 heteroatoms. The lowest BCUT2D eigenvalue weighted by Crippen LogP contribution is -2.46. The Morgan fingerprint density at radius 3 is 1.40 bits per heavy atom. The van der Waals surface area contributed by atoms with Gasteiger partial charge in [-0.25, -0.2) is 0 Å². The van der Waals surface area contributed by atoms with Gasteiger partial charge in [-0.1, -0.05) is 193 Å². The summed E-state index contributed by atoms with van der Waals surface area (Å²) in [5, 5.41) is 23.6. The van der Waals surface area contributed by atoms with Gasteiger partial charge in [-0.2, -0.15) is 0 Å². The number of hydrogen-bond donors (Lipinski definition) is 3. The zero-order chi connectivity index (χ0) is 40.3. The van der Waals surface area contributed by atoms with Gasteiger partial charge in [0.25, 0.3) is 0 Å². The highest BCUT2D eigenvalue weighted by molar-refractivity contribution is 5.77. The molecule has 3 N–H and O–H groups in total. The molecule has 3 unspecified atom stereocenters. The van der Waals surface area contributed by atoms with Crippen molar-refractivity contribution in [2.75, 3.05) is 6.61 Å². The Balaban J connectivity index is 4.44. The molecule has 0 heterocycles. The number of nitrogens with one attached hydrogen (secondary N) is 1. The molecule has 0 radical (unpaired) electrons. The molecule has 324 valence electrons. The minimum atomic E-state index is -0.787. The van der Waals surface area contributed by atoms with Crippen LogP contribution in [0.2, 0.25) is 0 Å². The summed E-state index contributed by atoms with van der Waals surface area (Å²) < 4.78 is 5.88. The summed E-state index contributed by atoms with van der Waals surface area (Å²) in [7, 11) is 0. The highest BCUT2D eigenvalue weighted by Crippen LogP contribution is 2.17. The van der Waals surface area contributed by atoms with E-state index in [4.69, 9.17) is 4.74 Å². The van der Waals surface area contributed by atoms with Crippen molar-refractivity contribution in [2.45, 2.75) is 270 Å². The highest BCUT2D eigenvalue weighted by atomic mass is 16.5. The van der Waals surface area contributed by atoms with E-state index in [1.165, 1.54) is 135 Å². The number of allylic oxidation sites excluding steroid dienone is 4. The molecule has 0 saturated carbocycles. The topological polar surface area (TPSA) is 95.9 Å². The first-order valence-electron chi connectivity index (χ1n) is 24.1. The van der Waals surface area contributed by atoms with Crippen molar-refractivity contribution in [3.05, 3.63) is 24.3 Å². The normalized spacial score (nSPS) is 13.5. The van der Waals surface area contributed by atoms with Crippen molar-refractivity contribution in [3.8, 4) is 0 Å². The van der Waals surface area contributed by atoms with E-state index in [1.54, 1.807) is 0 Å². The van der Waals surface area contributed by atoms with Crippen molar-refractivity contribution in [2.24, 2.45) is 0 Å². The van der Waals surface area contributed by atoms with Gasteiger partial charge < -0.3 is 20.3 Å². The van der Waals surface area contributed by atoms with Crippen LogP contribution in [0.3, 0.4) is 0 Å². The van der Waals surface area contributed by atoms with Crippen LogP contribution in [0.25, 0.3) is 0 Å². The second-order valence-electron chi connectivity index (χ2n) is 16.5. The molecule has 3 atom stereocenters. The number of amides is 1. The summed E-state index contributed by atoms with van der Waals surface area (Å²) in [4.78, 5) is 25.9. The Morgan fingerprint density at radius 1 is 0.509 bits per heavy atom. The Hall–Kier alpha value is -1.66. The Labute approximate surface area is 341 Å². The van der Waals surface area contributed by atoms with Crippen molar-refractivity contribution >= 4 is 11.9 Å². The van der Waals surface area contributed by atoms with Gasteiger partial charge in [0.15, 0.2) is 0 Å². The van der Waals surface area contributed by atoms with Gasteiger partial charge in [0.2, 0.25) is 5.91 Å². The molecule has 6 nitrogen and oxygen atoms in total. The fraction of sp³-hybridized carbons (Fsp3) is 0.878. The third-order valence-electron chi connectivity index (χ3n) is 11.0. The van der Waals surface area contributed by atoms with Crippen molar-refractivity contribution in [1.29, 1.82) is 0 Å². The van der Waals surface area contributed by atoms with Crippen LogP contribution in [0.1, 0.15) is 252 Å². The molecule has 55 heavy (non-hydrogen) atoms. The summed E-state index contributed by atoms with van der Waals surface area (Å²) in [6, 6.07) is -0.701. The molecule has 0 rings (SSSR count). The lowest BCUT2D eigenvalue weighted by atomic mass is 10.0. The van der Waals surface area contributed by atoms with Crippen LogP contribution >= 0.6 is 0 Å². The first-order valence-corrected chi connectivity index (χ1v) is 24.1. The molecule has 0 aromatic rings. The smallest absolute Gasteiger partial charge is 0.306 e. The van der Waals surface area contributed by atoms with Gasteiger partial charge in [0.05, 0.1) is 25.2 Å². The highest BCUT2D eigenvalue weighted by Gasteiger charge is 2.24. The Morgan fingerprint density at radius 2 is 0.909 bits per heavy atom. The zero-order valence-corrected chi connectivity index (χ0v) is 36.8. The van der Waals surface area contributed by atoms with Gasteiger partial charge in [0.1, 0.15) is 6.10 Å². The number of aliphatic hydroxyl groups is 2. The molecule has 0 aromatic carbocycles. The third kappa shape index (κ3) is 39.0. The summed E-state index contributed by atoms with van der Waals surface area (Å²) in [5.74, 6) is -0.492. The second kappa shape index (κ2) is 43.5. The van der Waals surface area contributed by atoms with Gasteiger partial charge in [0, 0.05) is 6.42 Å². The largest absolute Gasteiger partial charge is 0.462 e. The van der Waals surface area contributed by atoms with Crippen LogP contribution in [-0.4, -0.2) is 46.9 Å². The lowest BCUT2D eigenvalue weighted by molar-refractivity contribution is -0.151. The van der Waals surface area contributed by atoms with Crippen LogP contribution in [0, 0.1) is 0 Å². The number of ether oxygens (including phenoxy) is 1. The molecule has 0 spiro atoms. The van der Waals surface area contributed by atoms with E-state index in [0.717, 1.165) is 70.6 Å². The van der Waals surface area contributed by atoms with Crippen LogP contribution < -0.4 is 5.32 Å². The number of esters is 1. The van der Waals surface area contributed by atoms with E-state index in [2.05, 4.69) is 50.4 Å². The van der Waals surface area contributed by atoms with Gasteiger partial charge >= 0.3 is 5.97 Å². The van der Waals surface area contributed by atoms with Crippen molar-refractivity contribution < 1.29 is 24.5 Å². The lowest BCUT2D eigenvalue weighted by Gasteiger charge is -2.24. The number of aliphatic hydroxyl groups excluding tert-OH is 2. The Bertz CT molecular complexity index is 873. The summed E-state index contributed by atoms with van der Waals surface area (Å²) in [6.45, 7) is 6.40. The molecule has 0 aliphatic rings.